The minimum absolute atomic E-state index is 0.00650. The number of benzene rings is 2. The number of fused-ring (bicyclic) bond motifs is 1. The number of amides is 1. The Balaban J connectivity index is 1.79. The van der Waals surface area contributed by atoms with Gasteiger partial charge in [-0.2, -0.15) is 0 Å². The molecule has 0 aliphatic rings. The highest BCUT2D eigenvalue weighted by atomic mass is 32.1. The van der Waals surface area contributed by atoms with Crippen molar-refractivity contribution >= 4 is 32.6 Å². The Morgan fingerprint density at radius 2 is 1.89 bits per heavy atom. The Labute approximate surface area is 170 Å². The van der Waals surface area contributed by atoms with Crippen LogP contribution in [-0.2, 0) is 4.79 Å². The lowest BCUT2D eigenvalue weighted by Crippen LogP contribution is -3.12. The van der Waals surface area contributed by atoms with Gasteiger partial charge in [-0.05, 0) is 50.6 Å². The number of ether oxygens (including phenoxy) is 1. The second-order valence-electron chi connectivity index (χ2n) is 6.82. The number of hydrogen-bond acceptors (Lipinski definition) is 4. The minimum Gasteiger partial charge on any atom is -0.484 e. The van der Waals surface area contributed by atoms with E-state index in [0.29, 0.717) is 12.3 Å². The number of nitrogens with one attached hydrogen (secondary N) is 1. The summed E-state index contributed by atoms with van der Waals surface area (Å²) in [5.74, 6) is 0.635. The van der Waals surface area contributed by atoms with Crippen molar-refractivity contribution < 1.29 is 14.4 Å². The molecule has 1 N–H and O–H groups in total. The van der Waals surface area contributed by atoms with E-state index in [-0.39, 0.29) is 12.5 Å². The van der Waals surface area contributed by atoms with E-state index in [0.717, 1.165) is 35.0 Å². The van der Waals surface area contributed by atoms with E-state index < -0.39 is 0 Å². The van der Waals surface area contributed by atoms with Crippen LogP contribution in [0.1, 0.15) is 19.4 Å². The first kappa shape index (κ1) is 20.3. The molecule has 0 aliphatic heterocycles. The maximum Gasteiger partial charge on any atom is 0.266 e. The zero-order valence-electron chi connectivity index (χ0n) is 16.8. The van der Waals surface area contributed by atoms with Gasteiger partial charge in [0.25, 0.3) is 5.91 Å². The van der Waals surface area contributed by atoms with Crippen LogP contribution in [-0.4, -0.2) is 43.7 Å². The molecule has 1 aromatic heterocycles. The molecule has 148 valence electrons. The Bertz CT molecular complexity index is 907. The van der Waals surface area contributed by atoms with E-state index in [4.69, 9.17) is 9.72 Å². The van der Waals surface area contributed by atoms with Crippen LogP contribution in [0.2, 0.25) is 0 Å². The van der Waals surface area contributed by atoms with E-state index in [1.165, 1.54) is 10.5 Å². The van der Waals surface area contributed by atoms with Gasteiger partial charge in [0.1, 0.15) is 5.75 Å². The fourth-order valence-corrected chi connectivity index (χ4v) is 4.18. The number of anilines is 1. The molecule has 0 unspecified atom stereocenters. The van der Waals surface area contributed by atoms with Crippen molar-refractivity contribution in [3.05, 3.63) is 54.1 Å². The summed E-state index contributed by atoms with van der Waals surface area (Å²) in [7, 11) is 0. The number of para-hydroxylation sites is 1. The second-order valence-corrected chi connectivity index (χ2v) is 7.83. The fraction of sp³-hybridized carbons (Fsp3) is 0.364. The quantitative estimate of drug-likeness (QED) is 0.603. The van der Waals surface area contributed by atoms with Crippen LogP contribution in [0.25, 0.3) is 10.2 Å². The van der Waals surface area contributed by atoms with Crippen molar-refractivity contribution in [3.63, 3.8) is 0 Å². The van der Waals surface area contributed by atoms with Gasteiger partial charge < -0.3 is 9.64 Å². The minimum atomic E-state index is -0.0637. The molecular formula is C22H28N3O2S+. The number of nitrogens with zero attached hydrogens (tertiary/aromatic N) is 2. The van der Waals surface area contributed by atoms with E-state index >= 15 is 0 Å². The van der Waals surface area contributed by atoms with Gasteiger partial charge in [0.2, 0.25) is 0 Å². The smallest absolute Gasteiger partial charge is 0.266 e. The van der Waals surface area contributed by atoms with E-state index in [2.05, 4.69) is 32.9 Å². The van der Waals surface area contributed by atoms with Crippen molar-refractivity contribution in [3.8, 4) is 5.75 Å². The highest BCUT2D eigenvalue weighted by molar-refractivity contribution is 7.22. The summed E-state index contributed by atoms with van der Waals surface area (Å²) < 4.78 is 6.81. The summed E-state index contributed by atoms with van der Waals surface area (Å²) in [6.45, 7) is 10.0. The van der Waals surface area contributed by atoms with Crippen molar-refractivity contribution in [2.45, 2.75) is 20.8 Å². The number of carbonyl (C=O) groups is 1. The van der Waals surface area contributed by atoms with E-state index in [1.54, 1.807) is 16.2 Å². The van der Waals surface area contributed by atoms with Gasteiger partial charge in [0.05, 0.1) is 36.4 Å². The maximum atomic E-state index is 13.0. The maximum absolute atomic E-state index is 13.0. The second kappa shape index (κ2) is 9.66. The van der Waals surface area contributed by atoms with Gasteiger partial charge in [0.15, 0.2) is 11.7 Å². The lowest BCUT2D eigenvalue weighted by atomic mass is 10.2. The first-order valence-electron chi connectivity index (χ1n) is 9.79. The van der Waals surface area contributed by atoms with Gasteiger partial charge in [-0.3, -0.25) is 9.69 Å². The zero-order valence-corrected chi connectivity index (χ0v) is 17.6. The number of aromatic nitrogens is 1. The number of aryl methyl sites for hydroxylation is 1. The molecule has 3 aromatic rings. The van der Waals surface area contributed by atoms with Crippen molar-refractivity contribution in [2.24, 2.45) is 0 Å². The molecule has 0 radical (unpaired) electrons. The average Bonchev–Trinajstić information content (AvgIpc) is 3.13. The largest absolute Gasteiger partial charge is 0.484 e. The molecule has 5 nitrogen and oxygen atoms in total. The Kier molecular flexibility index (Phi) is 7.01. The zero-order chi connectivity index (χ0) is 19.9. The van der Waals surface area contributed by atoms with Crippen LogP contribution < -0.4 is 14.5 Å². The third kappa shape index (κ3) is 5.09. The van der Waals surface area contributed by atoms with Gasteiger partial charge in [-0.15, -0.1) is 0 Å². The summed E-state index contributed by atoms with van der Waals surface area (Å²) in [6.07, 6.45) is 0. The molecular weight excluding hydrogens is 370 g/mol. The Morgan fingerprint density at radius 1 is 1.14 bits per heavy atom. The van der Waals surface area contributed by atoms with Crippen LogP contribution in [0.5, 0.6) is 5.75 Å². The van der Waals surface area contributed by atoms with Crippen LogP contribution in [0.3, 0.4) is 0 Å². The predicted molar refractivity (Wildman–Crippen MR) is 116 cm³/mol. The summed E-state index contributed by atoms with van der Waals surface area (Å²) in [4.78, 5) is 21.0. The molecule has 3 rings (SSSR count). The number of carbonyl (C=O) groups excluding carboxylic acids is 1. The molecule has 0 spiro atoms. The van der Waals surface area contributed by atoms with Gasteiger partial charge >= 0.3 is 0 Å². The molecule has 0 bridgehead atoms. The van der Waals surface area contributed by atoms with Crippen molar-refractivity contribution in [1.29, 1.82) is 0 Å². The predicted octanol–water partition coefficient (Wildman–Crippen LogP) is 2.94. The van der Waals surface area contributed by atoms with E-state index in [1.807, 2.05) is 36.4 Å². The molecule has 2 aromatic carbocycles. The first-order valence-corrected chi connectivity index (χ1v) is 10.6. The lowest BCUT2D eigenvalue weighted by molar-refractivity contribution is -0.894. The third-order valence-corrected chi connectivity index (χ3v) is 5.90. The van der Waals surface area contributed by atoms with E-state index in [9.17, 15) is 4.79 Å². The number of hydrogen-bond donors (Lipinski definition) is 1. The summed E-state index contributed by atoms with van der Waals surface area (Å²) in [5, 5.41) is 0.744. The monoisotopic (exact) mass is 398 g/mol. The molecule has 28 heavy (non-hydrogen) atoms. The van der Waals surface area contributed by atoms with Crippen molar-refractivity contribution in [1.82, 2.24) is 4.98 Å². The molecule has 0 saturated carbocycles. The Hall–Kier alpha value is -2.44. The highest BCUT2D eigenvalue weighted by Crippen LogP contribution is 2.29. The highest BCUT2D eigenvalue weighted by Gasteiger charge is 2.22. The fourth-order valence-electron chi connectivity index (χ4n) is 3.08. The number of rotatable bonds is 9. The number of quaternary nitrogens is 1. The molecule has 1 amide bonds. The molecule has 0 saturated heterocycles. The van der Waals surface area contributed by atoms with Crippen LogP contribution in [0.4, 0.5) is 5.13 Å². The van der Waals surface area contributed by atoms with Crippen LogP contribution >= 0.6 is 11.3 Å². The Morgan fingerprint density at radius 3 is 2.61 bits per heavy atom. The standard InChI is InChI=1S/C22H27N3O2S/c1-4-24(5-2)13-14-25(21(26)16-27-18-9-7-6-8-10-18)22-23-19-12-11-17(3)15-20(19)28-22/h6-12,15H,4-5,13-14,16H2,1-3H3/p+1. The van der Waals surface area contributed by atoms with Gasteiger partial charge in [-0.1, -0.05) is 35.6 Å². The first-order chi connectivity index (χ1) is 13.6. The molecule has 0 aliphatic carbocycles. The topological polar surface area (TPSA) is 46.9 Å². The number of likely N-dealkylation sites (N-methyl/N-ethyl adjacent to an activating group) is 1. The van der Waals surface area contributed by atoms with Crippen LogP contribution in [0.15, 0.2) is 48.5 Å². The van der Waals surface area contributed by atoms with Crippen molar-refractivity contribution in [2.75, 3.05) is 37.7 Å². The summed E-state index contributed by atoms with van der Waals surface area (Å²) in [5.41, 5.74) is 2.13. The normalized spacial score (nSPS) is 11.1. The van der Waals surface area contributed by atoms with Gasteiger partial charge in [-0.25, -0.2) is 4.98 Å². The molecule has 0 fully saturated rings. The summed E-state index contributed by atoms with van der Waals surface area (Å²) in [6, 6.07) is 15.6. The lowest BCUT2D eigenvalue weighted by Gasteiger charge is -2.23. The van der Waals surface area contributed by atoms with Gasteiger partial charge in [0, 0.05) is 0 Å². The third-order valence-electron chi connectivity index (χ3n) is 4.86. The summed E-state index contributed by atoms with van der Waals surface area (Å²) >= 11 is 1.57. The van der Waals surface area contributed by atoms with Crippen LogP contribution in [0, 0.1) is 6.92 Å². The molecule has 0 atom stereocenters. The average molecular weight is 399 g/mol. The molecule has 6 heteroatoms. The SMILES string of the molecule is CC[NH+](CC)CCN(C(=O)COc1ccccc1)c1nc2ccc(C)cc2s1. The molecule has 1 heterocycles. The number of thiazole rings is 1.